The van der Waals surface area contributed by atoms with Crippen LogP contribution in [0, 0.1) is 17.0 Å². The number of aromatic amines is 1. The number of H-pyrrole nitrogens is 1. The van der Waals surface area contributed by atoms with E-state index < -0.39 is 4.92 Å². The van der Waals surface area contributed by atoms with Crippen LogP contribution in [0.4, 0.5) is 5.82 Å². The van der Waals surface area contributed by atoms with E-state index in [-0.39, 0.29) is 11.7 Å². The molecule has 0 amide bonds. The second-order valence-electron chi connectivity index (χ2n) is 5.60. The van der Waals surface area contributed by atoms with Crippen LogP contribution in [0.15, 0.2) is 18.6 Å². The van der Waals surface area contributed by atoms with E-state index in [9.17, 15) is 10.1 Å². The molecular formula is C13H13N9O2. The average molecular weight is 327 g/mol. The molecule has 0 aromatic carbocycles. The van der Waals surface area contributed by atoms with Crippen LogP contribution >= 0.6 is 0 Å². The molecule has 4 aromatic heterocycles. The molecule has 1 N–H and O–H groups in total. The number of aromatic nitrogens is 8. The molecule has 0 spiro atoms. The number of nitro groups is 1. The fourth-order valence-electron chi connectivity index (χ4n) is 2.57. The zero-order valence-corrected chi connectivity index (χ0v) is 12.9. The van der Waals surface area contributed by atoms with Crippen molar-refractivity contribution >= 4 is 22.5 Å². The first-order chi connectivity index (χ1) is 11.5. The van der Waals surface area contributed by atoms with Crippen molar-refractivity contribution in [3.05, 3.63) is 40.2 Å². The molecule has 4 rings (SSSR count). The lowest BCUT2D eigenvalue weighted by atomic mass is 10.1. The highest BCUT2D eigenvalue weighted by Gasteiger charge is 2.20. The Labute approximate surface area is 134 Å². The number of hydrogen-bond acceptors (Lipinski definition) is 7. The van der Waals surface area contributed by atoms with Crippen LogP contribution in [-0.2, 0) is 6.54 Å². The lowest BCUT2D eigenvalue weighted by molar-refractivity contribution is -0.389. The molecule has 0 aliphatic rings. The van der Waals surface area contributed by atoms with Gasteiger partial charge in [-0.3, -0.25) is 5.10 Å². The quantitative estimate of drug-likeness (QED) is 0.440. The largest absolute Gasteiger partial charge is 0.390 e. The van der Waals surface area contributed by atoms with Gasteiger partial charge >= 0.3 is 5.82 Å². The standard InChI is InChI=1S/C13H13N9O2/c1-7(5-20-8(2)3-10(18-20)22(23)24)11-16-13-9-4-15-17-12(9)14-6-21(13)19-11/h3-4,6-7H,5H2,1-2H3,(H,15,17)/t7-/m1/s1. The Balaban J connectivity index is 1.68. The third kappa shape index (κ3) is 2.17. The van der Waals surface area contributed by atoms with E-state index in [1.807, 2.05) is 6.92 Å². The van der Waals surface area contributed by atoms with Gasteiger partial charge in [-0.1, -0.05) is 6.92 Å². The summed E-state index contributed by atoms with van der Waals surface area (Å²) in [7, 11) is 0. The predicted molar refractivity (Wildman–Crippen MR) is 82.5 cm³/mol. The molecule has 0 radical (unpaired) electrons. The summed E-state index contributed by atoms with van der Waals surface area (Å²) in [6.45, 7) is 4.17. The Morgan fingerprint density at radius 3 is 3.00 bits per heavy atom. The molecular weight excluding hydrogens is 314 g/mol. The number of rotatable bonds is 4. The van der Waals surface area contributed by atoms with Crippen LogP contribution < -0.4 is 0 Å². The summed E-state index contributed by atoms with van der Waals surface area (Å²) in [4.78, 5) is 19.1. The molecule has 122 valence electrons. The van der Waals surface area contributed by atoms with Crippen molar-refractivity contribution in [3.8, 4) is 0 Å². The van der Waals surface area contributed by atoms with Gasteiger partial charge in [-0.05, 0) is 11.8 Å². The smallest absolute Gasteiger partial charge is 0.358 e. The van der Waals surface area contributed by atoms with E-state index in [1.54, 1.807) is 28.6 Å². The summed E-state index contributed by atoms with van der Waals surface area (Å²) in [5, 5.41) is 26.8. The Morgan fingerprint density at radius 1 is 1.42 bits per heavy atom. The number of hydrogen-bond donors (Lipinski definition) is 1. The summed E-state index contributed by atoms with van der Waals surface area (Å²) in [5.41, 5.74) is 2.03. The Morgan fingerprint density at radius 2 is 2.25 bits per heavy atom. The molecule has 0 saturated heterocycles. The van der Waals surface area contributed by atoms with Crippen molar-refractivity contribution in [2.24, 2.45) is 0 Å². The van der Waals surface area contributed by atoms with Gasteiger partial charge in [0, 0.05) is 5.92 Å². The molecule has 4 aromatic rings. The lowest BCUT2D eigenvalue weighted by Gasteiger charge is -2.05. The van der Waals surface area contributed by atoms with Crippen molar-refractivity contribution in [1.29, 1.82) is 0 Å². The van der Waals surface area contributed by atoms with Gasteiger partial charge in [-0.25, -0.2) is 14.5 Å². The third-order valence-electron chi connectivity index (χ3n) is 3.85. The zero-order chi connectivity index (χ0) is 16.8. The van der Waals surface area contributed by atoms with Crippen molar-refractivity contribution in [2.75, 3.05) is 0 Å². The first-order valence-electron chi connectivity index (χ1n) is 7.26. The van der Waals surface area contributed by atoms with Gasteiger partial charge in [-0.2, -0.15) is 9.78 Å². The lowest BCUT2D eigenvalue weighted by Crippen LogP contribution is -2.11. The number of nitrogens with zero attached hydrogens (tertiary/aromatic N) is 8. The topological polar surface area (TPSA) is 133 Å². The maximum Gasteiger partial charge on any atom is 0.390 e. The van der Waals surface area contributed by atoms with E-state index in [0.717, 1.165) is 11.1 Å². The van der Waals surface area contributed by atoms with Gasteiger partial charge in [0.2, 0.25) is 0 Å². The minimum Gasteiger partial charge on any atom is -0.358 e. The minimum atomic E-state index is -0.501. The monoisotopic (exact) mass is 327 g/mol. The van der Waals surface area contributed by atoms with Crippen molar-refractivity contribution in [1.82, 2.24) is 39.6 Å². The summed E-state index contributed by atoms with van der Waals surface area (Å²) in [5.74, 6) is 0.375. The molecule has 0 unspecified atom stereocenters. The molecule has 0 bridgehead atoms. The molecule has 24 heavy (non-hydrogen) atoms. The Bertz CT molecular complexity index is 1060. The number of aryl methyl sites for hydroxylation is 1. The highest BCUT2D eigenvalue weighted by molar-refractivity contribution is 5.87. The molecule has 11 heteroatoms. The van der Waals surface area contributed by atoms with Crippen LogP contribution in [-0.4, -0.2) is 44.5 Å². The maximum atomic E-state index is 10.8. The molecule has 0 aliphatic heterocycles. The first-order valence-corrected chi connectivity index (χ1v) is 7.26. The van der Waals surface area contributed by atoms with Gasteiger partial charge in [0.15, 0.2) is 17.1 Å². The van der Waals surface area contributed by atoms with Crippen LogP contribution in [0.2, 0.25) is 0 Å². The summed E-state index contributed by atoms with van der Waals surface area (Å²) < 4.78 is 3.20. The second-order valence-corrected chi connectivity index (χ2v) is 5.60. The Hall–Kier alpha value is -3.37. The van der Waals surface area contributed by atoms with Gasteiger partial charge < -0.3 is 10.1 Å². The third-order valence-corrected chi connectivity index (χ3v) is 3.85. The minimum absolute atomic E-state index is 0.0787. The first kappa shape index (κ1) is 14.2. The van der Waals surface area contributed by atoms with Crippen molar-refractivity contribution in [3.63, 3.8) is 0 Å². The molecule has 4 heterocycles. The average Bonchev–Trinajstić information content (AvgIpc) is 3.24. The fourth-order valence-corrected chi connectivity index (χ4v) is 2.57. The predicted octanol–water partition coefficient (Wildman–Crippen LogP) is 1.22. The van der Waals surface area contributed by atoms with Gasteiger partial charge in [0.25, 0.3) is 0 Å². The van der Waals surface area contributed by atoms with Gasteiger partial charge in [-0.15, -0.1) is 5.10 Å². The van der Waals surface area contributed by atoms with E-state index >= 15 is 0 Å². The Kier molecular flexibility index (Phi) is 3.01. The number of nitrogens with one attached hydrogen (secondary N) is 1. The van der Waals surface area contributed by atoms with Crippen LogP contribution in [0.5, 0.6) is 0 Å². The van der Waals surface area contributed by atoms with Crippen molar-refractivity contribution in [2.45, 2.75) is 26.3 Å². The summed E-state index contributed by atoms with van der Waals surface area (Å²) in [6, 6.07) is 1.45. The maximum absolute atomic E-state index is 10.8. The van der Waals surface area contributed by atoms with Gasteiger partial charge in [0.05, 0.1) is 35.0 Å². The molecule has 0 saturated carbocycles. The van der Waals surface area contributed by atoms with Crippen LogP contribution in [0.1, 0.15) is 24.4 Å². The normalized spacial score (nSPS) is 12.9. The SMILES string of the molecule is Cc1cc([N+](=O)[O-])nn1C[C@@H](C)c1nc2c3cn[nH]c3ncn2n1. The van der Waals surface area contributed by atoms with Crippen molar-refractivity contribution < 1.29 is 4.92 Å². The second kappa shape index (κ2) is 5.08. The van der Waals surface area contributed by atoms with E-state index in [4.69, 9.17) is 0 Å². The fraction of sp³-hybridized carbons (Fsp3) is 0.308. The van der Waals surface area contributed by atoms with Crippen LogP contribution in [0.3, 0.4) is 0 Å². The van der Waals surface area contributed by atoms with E-state index in [2.05, 4.69) is 30.4 Å². The highest BCUT2D eigenvalue weighted by Crippen LogP contribution is 2.20. The van der Waals surface area contributed by atoms with Gasteiger partial charge in [0.1, 0.15) is 6.33 Å². The molecule has 0 fully saturated rings. The number of fused-ring (bicyclic) bond motifs is 3. The summed E-state index contributed by atoms with van der Waals surface area (Å²) >= 11 is 0. The highest BCUT2D eigenvalue weighted by atomic mass is 16.6. The summed E-state index contributed by atoms with van der Waals surface area (Å²) in [6.07, 6.45) is 3.23. The molecule has 0 aliphatic carbocycles. The zero-order valence-electron chi connectivity index (χ0n) is 12.9. The van der Waals surface area contributed by atoms with E-state index in [1.165, 1.54) is 6.07 Å². The van der Waals surface area contributed by atoms with E-state index in [0.29, 0.717) is 23.7 Å². The molecule has 1 atom stereocenters. The molecule has 11 nitrogen and oxygen atoms in total. The van der Waals surface area contributed by atoms with Crippen LogP contribution in [0.25, 0.3) is 16.7 Å².